The number of terminal acetylenes is 1. The molecule has 0 aliphatic carbocycles. The molecule has 3 nitrogen and oxygen atoms in total. The molecule has 0 saturated carbocycles. The highest BCUT2D eigenvalue weighted by Crippen LogP contribution is 2.20. The number of aliphatic hydroxyl groups excluding tert-OH is 1. The number of rotatable bonds is 4. The van der Waals surface area contributed by atoms with Crippen LogP contribution in [0.25, 0.3) is 11.6 Å². The molecule has 2 aromatic carbocycles. The van der Waals surface area contributed by atoms with Gasteiger partial charge >= 0.3 is 0 Å². The number of likely N-dealkylation sites (N-methyl/N-ethyl adjacent to an activating group) is 1. The van der Waals surface area contributed by atoms with Crippen LogP contribution >= 0.6 is 11.6 Å². The topological polar surface area (TPSA) is 49.3 Å². The lowest BCUT2D eigenvalue weighted by Crippen LogP contribution is -2.19. The van der Waals surface area contributed by atoms with Crippen molar-refractivity contribution in [2.75, 3.05) is 14.2 Å². The minimum absolute atomic E-state index is 0.230. The standard InChI is InChI=1S/C16H13ClFNO.C5H8.CH4O/c1-19-16(20)15(12-4-8-14(18)9-5-12)10-11-2-6-13(17)7-3-11;1-3-5-4-2;1-2/h2-10H,1H3,(H,19,20);1H,4-5H2,2H3;2H,1H3/b15-10+;;. The van der Waals surface area contributed by atoms with Crippen molar-refractivity contribution in [3.63, 3.8) is 0 Å². The summed E-state index contributed by atoms with van der Waals surface area (Å²) in [4.78, 5) is 12.0. The molecule has 0 radical (unpaired) electrons. The average molecular weight is 390 g/mol. The van der Waals surface area contributed by atoms with Gasteiger partial charge < -0.3 is 10.4 Å². The summed E-state index contributed by atoms with van der Waals surface area (Å²) in [6.07, 6.45) is 8.65. The summed E-state index contributed by atoms with van der Waals surface area (Å²) in [5.41, 5.74) is 1.97. The molecule has 0 atom stereocenters. The van der Waals surface area contributed by atoms with Gasteiger partial charge in [-0.15, -0.1) is 12.3 Å². The number of carbonyl (C=O) groups is 1. The zero-order valence-corrected chi connectivity index (χ0v) is 16.6. The second-order valence-corrected chi connectivity index (χ2v) is 5.59. The number of nitrogens with one attached hydrogen (secondary N) is 1. The Kier molecular flexibility index (Phi) is 13.1. The van der Waals surface area contributed by atoms with Crippen molar-refractivity contribution in [1.29, 1.82) is 0 Å². The first-order valence-corrected chi connectivity index (χ1v) is 8.73. The number of benzene rings is 2. The molecule has 0 aliphatic heterocycles. The van der Waals surface area contributed by atoms with Crippen LogP contribution in [-0.2, 0) is 4.79 Å². The van der Waals surface area contributed by atoms with E-state index in [-0.39, 0.29) is 11.7 Å². The van der Waals surface area contributed by atoms with Gasteiger partial charge in [-0.05, 0) is 47.9 Å². The predicted molar refractivity (Wildman–Crippen MR) is 112 cm³/mol. The summed E-state index contributed by atoms with van der Waals surface area (Å²) in [5.74, 6) is 1.95. The van der Waals surface area contributed by atoms with Gasteiger partial charge in [-0.3, -0.25) is 4.79 Å². The molecule has 0 fully saturated rings. The smallest absolute Gasteiger partial charge is 0.251 e. The highest BCUT2D eigenvalue weighted by molar-refractivity contribution is 6.30. The highest BCUT2D eigenvalue weighted by atomic mass is 35.5. The van der Waals surface area contributed by atoms with Crippen LogP contribution in [0.1, 0.15) is 30.9 Å². The Bertz CT molecular complexity index is 747. The highest BCUT2D eigenvalue weighted by Gasteiger charge is 2.10. The second-order valence-electron chi connectivity index (χ2n) is 5.15. The molecule has 2 aromatic rings. The number of aliphatic hydroxyl groups is 1. The quantitative estimate of drug-likeness (QED) is 0.448. The zero-order chi connectivity index (χ0) is 20.7. The van der Waals surface area contributed by atoms with Crippen molar-refractivity contribution in [3.8, 4) is 12.3 Å². The molecular formula is C22H25ClFNO2. The van der Waals surface area contributed by atoms with Crippen LogP contribution in [0.2, 0.25) is 5.02 Å². The van der Waals surface area contributed by atoms with Crippen LogP contribution in [0, 0.1) is 18.2 Å². The molecule has 0 heterocycles. The van der Waals surface area contributed by atoms with Crippen LogP contribution in [0.15, 0.2) is 48.5 Å². The molecule has 2 N–H and O–H groups in total. The van der Waals surface area contributed by atoms with Gasteiger partial charge in [0.05, 0.1) is 0 Å². The van der Waals surface area contributed by atoms with Crippen molar-refractivity contribution in [3.05, 3.63) is 70.5 Å². The first kappa shape index (κ1) is 24.4. The van der Waals surface area contributed by atoms with E-state index in [1.54, 1.807) is 37.4 Å². The maximum Gasteiger partial charge on any atom is 0.251 e. The number of hydrogen-bond acceptors (Lipinski definition) is 2. The monoisotopic (exact) mass is 389 g/mol. The van der Waals surface area contributed by atoms with Crippen LogP contribution in [-0.4, -0.2) is 25.2 Å². The number of halogens is 2. The molecule has 144 valence electrons. The van der Waals surface area contributed by atoms with Crippen molar-refractivity contribution < 1.29 is 14.3 Å². The maximum absolute atomic E-state index is 13.0. The Hall–Kier alpha value is -2.61. The molecule has 1 amide bonds. The Labute approximate surface area is 165 Å². The lowest BCUT2D eigenvalue weighted by molar-refractivity contribution is -0.115. The van der Waals surface area contributed by atoms with Crippen LogP contribution in [0.4, 0.5) is 4.39 Å². The van der Waals surface area contributed by atoms with Crippen molar-refractivity contribution >= 4 is 29.2 Å². The lowest BCUT2D eigenvalue weighted by atomic mass is 10.0. The Morgan fingerprint density at radius 3 is 2.15 bits per heavy atom. The Morgan fingerprint density at radius 2 is 1.74 bits per heavy atom. The van der Waals surface area contributed by atoms with E-state index in [1.165, 1.54) is 12.1 Å². The van der Waals surface area contributed by atoms with Gasteiger partial charge in [-0.25, -0.2) is 4.39 Å². The molecule has 2 rings (SSSR count). The molecule has 0 bridgehead atoms. The number of carbonyl (C=O) groups excluding carboxylic acids is 1. The normalized spacial score (nSPS) is 9.74. The maximum atomic E-state index is 13.0. The van der Waals surface area contributed by atoms with E-state index in [0.29, 0.717) is 16.2 Å². The molecule has 0 spiro atoms. The van der Waals surface area contributed by atoms with Crippen molar-refractivity contribution in [1.82, 2.24) is 5.32 Å². The number of hydrogen-bond donors (Lipinski definition) is 2. The Balaban J connectivity index is 0.000000838. The van der Waals surface area contributed by atoms with Crippen LogP contribution in [0.5, 0.6) is 0 Å². The fraction of sp³-hybridized carbons (Fsp3) is 0.227. The van der Waals surface area contributed by atoms with E-state index in [9.17, 15) is 9.18 Å². The van der Waals surface area contributed by atoms with Gasteiger partial charge in [0.2, 0.25) is 0 Å². The summed E-state index contributed by atoms with van der Waals surface area (Å²) in [5, 5.41) is 10.2. The fourth-order valence-electron chi connectivity index (χ4n) is 1.91. The van der Waals surface area contributed by atoms with E-state index in [4.69, 9.17) is 23.1 Å². The summed E-state index contributed by atoms with van der Waals surface area (Å²) >= 11 is 5.83. The van der Waals surface area contributed by atoms with Gasteiger partial charge in [0.25, 0.3) is 5.91 Å². The van der Waals surface area contributed by atoms with Gasteiger partial charge in [-0.2, -0.15) is 0 Å². The molecule has 0 aromatic heterocycles. The SMILES string of the molecule is C#CCCC.CNC(=O)/C(=C/c1ccc(Cl)cc1)c1ccc(F)cc1.CO. The van der Waals surface area contributed by atoms with Gasteiger partial charge in [0.1, 0.15) is 5.82 Å². The summed E-state index contributed by atoms with van der Waals surface area (Å²) in [7, 11) is 2.56. The van der Waals surface area contributed by atoms with Gasteiger partial charge in [0.15, 0.2) is 0 Å². The molecule has 0 saturated heterocycles. The van der Waals surface area contributed by atoms with Crippen molar-refractivity contribution in [2.24, 2.45) is 0 Å². The summed E-state index contributed by atoms with van der Waals surface area (Å²) < 4.78 is 13.0. The van der Waals surface area contributed by atoms with Gasteiger partial charge in [-0.1, -0.05) is 42.8 Å². The molecular weight excluding hydrogens is 365 g/mol. The van der Waals surface area contributed by atoms with Crippen LogP contribution < -0.4 is 5.32 Å². The third kappa shape index (κ3) is 9.60. The predicted octanol–water partition coefficient (Wildman–Crippen LogP) is 4.79. The molecule has 5 heteroatoms. The van der Waals surface area contributed by atoms with E-state index in [2.05, 4.69) is 18.2 Å². The zero-order valence-electron chi connectivity index (χ0n) is 15.8. The van der Waals surface area contributed by atoms with E-state index >= 15 is 0 Å². The number of unbranched alkanes of at least 4 members (excludes halogenated alkanes) is 1. The molecule has 27 heavy (non-hydrogen) atoms. The minimum Gasteiger partial charge on any atom is -0.400 e. The molecule has 0 aliphatic rings. The lowest BCUT2D eigenvalue weighted by Gasteiger charge is -2.07. The third-order valence-electron chi connectivity index (χ3n) is 3.20. The Morgan fingerprint density at radius 1 is 1.19 bits per heavy atom. The van der Waals surface area contributed by atoms with E-state index < -0.39 is 0 Å². The second kappa shape index (κ2) is 14.5. The fourth-order valence-corrected chi connectivity index (χ4v) is 2.04. The van der Waals surface area contributed by atoms with Gasteiger partial charge in [0, 0.05) is 31.2 Å². The number of amides is 1. The van der Waals surface area contributed by atoms with E-state index in [1.807, 2.05) is 12.1 Å². The largest absolute Gasteiger partial charge is 0.400 e. The van der Waals surface area contributed by atoms with E-state index in [0.717, 1.165) is 25.5 Å². The summed E-state index contributed by atoms with van der Waals surface area (Å²) in [6.45, 7) is 2.07. The first-order chi connectivity index (χ1) is 13.0. The average Bonchev–Trinajstić information content (AvgIpc) is 2.70. The van der Waals surface area contributed by atoms with Crippen LogP contribution in [0.3, 0.4) is 0 Å². The first-order valence-electron chi connectivity index (χ1n) is 8.35. The van der Waals surface area contributed by atoms with Crippen molar-refractivity contribution in [2.45, 2.75) is 19.8 Å². The minimum atomic E-state index is -0.337. The molecule has 0 unspecified atom stereocenters. The third-order valence-corrected chi connectivity index (χ3v) is 3.45. The summed E-state index contributed by atoms with van der Waals surface area (Å²) in [6, 6.07) is 12.9.